The topological polar surface area (TPSA) is 133 Å². The molecule has 5 rings (SSSR count). The molecule has 3 heterocycles. The van der Waals surface area contributed by atoms with Crippen LogP contribution in [0.25, 0.3) is 0 Å². The molecule has 0 saturated carbocycles. The van der Waals surface area contributed by atoms with E-state index in [1.54, 1.807) is 29.4 Å². The summed E-state index contributed by atoms with van der Waals surface area (Å²) in [5, 5.41) is 12.0. The maximum absolute atomic E-state index is 12.8. The summed E-state index contributed by atoms with van der Waals surface area (Å²) in [6.07, 6.45) is 4.62. The Bertz CT molecular complexity index is 1390. The Kier molecular flexibility index (Phi) is 8.16. The smallest absolute Gasteiger partial charge is 0.322 e. The van der Waals surface area contributed by atoms with Gasteiger partial charge in [-0.2, -0.15) is 5.10 Å². The van der Waals surface area contributed by atoms with Crippen LogP contribution in [0.4, 0.5) is 10.5 Å². The third-order valence-electron chi connectivity index (χ3n) is 7.13. The zero-order chi connectivity index (χ0) is 28.1. The number of benzene rings is 2. The fourth-order valence-electron chi connectivity index (χ4n) is 4.84. The fourth-order valence-corrected chi connectivity index (χ4v) is 4.84. The number of hydrazone groups is 1. The lowest BCUT2D eigenvalue weighted by Gasteiger charge is -2.28. The molecule has 0 bridgehead atoms. The van der Waals surface area contributed by atoms with Crippen molar-refractivity contribution < 1.29 is 14.4 Å². The van der Waals surface area contributed by atoms with Crippen LogP contribution in [0.15, 0.2) is 72.1 Å². The van der Waals surface area contributed by atoms with Gasteiger partial charge in [0.15, 0.2) is 0 Å². The second-order valence-electron chi connectivity index (χ2n) is 10.1. The Labute approximate surface area is 233 Å². The molecule has 0 spiro atoms. The summed E-state index contributed by atoms with van der Waals surface area (Å²) in [5.74, 6) is -0.239. The van der Waals surface area contributed by atoms with E-state index in [-0.39, 0.29) is 23.8 Å². The average molecular weight is 540 g/mol. The average Bonchev–Trinajstić information content (AvgIpc) is 3.40. The maximum atomic E-state index is 12.8. The Morgan fingerprint density at radius 3 is 2.50 bits per heavy atom. The summed E-state index contributed by atoms with van der Waals surface area (Å²) in [4.78, 5) is 43.7. The van der Waals surface area contributed by atoms with Gasteiger partial charge in [0.2, 0.25) is 5.91 Å². The van der Waals surface area contributed by atoms with E-state index in [2.05, 4.69) is 15.6 Å². The van der Waals surface area contributed by atoms with Gasteiger partial charge in [0.1, 0.15) is 0 Å². The molecular formula is C30H33N7O3. The van der Waals surface area contributed by atoms with E-state index < -0.39 is 0 Å². The van der Waals surface area contributed by atoms with Gasteiger partial charge in [0, 0.05) is 55.6 Å². The van der Waals surface area contributed by atoms with E-state index in [4.69, 9.17) is 10.8 Å². The summed E-state index contributed by atoms with van der Waals surface area (Å²) in [7, 11) is 0. The Hall–Kier alpha value is -4.57. The van der Waals surface area contributed by atoms with E-state index in [9.17, 15) is 14.4 Å². The summed E-state index contributed by atoms with van der Waals surface area (Å²) >= 11 is 0. The van der Waals surface area contributed by atoms with Crippen molar-refractivity contribution in [1.82, 2.24) is 20.2 Å². The lowest BCUT2D eigenvalue weighted by molar-refractivity contribution is -0.133. The second kappa shape index (κ2) is 12.1. The third-order valence-corrected chi connectivity index (χ3v) is 7.13. The summed E-state index contributed by atoms with van der Waals surface area (Å²) < 4.78 is 0. The van der Waals surface area contributed by atoms with Gasteiger partial charge in [-0.05, 0) is 65.6 Å². The van der Waals surface area contributed by atoms with Crippen LogP contribution in [0.5, 0.6) is 0 Å². The lowest BCUT2D eigenvalue weighted by Crippen LogP contribution is -2.36. The number of hydrogen-bond donors (Lipinski definition) is 3. The molecule has 4 amide bonds. The number of amides is 4. The first-order chi connectivity index (χ1) is 19.4. The molecule has 0 aliphatic carbocycles. The van der Waals surface area contributed by atoms with Crippen LogP contribution in [0.3, 0.4) is 0 Å². The van der Waals surface area contributed by atoms with Crippen LogP contribution < -0.4 is 16.4 Å². The van der Waals surface area contributed by atoms with E-state index >= 15 is 0 Å². The Morgan fingerprint density at radius 1 is 1.02 bits per heavy atom. The van der Waals surface area contributed by atoms with Crippen LogP contribution in [0.1, 0.15) is 52.4 Å². The number of pyridine rings is 1. The first-order valence-corrected chi connectivity index (χ1v) is 13.5. The van der Waals surface area contributed by atoms with Crippen LogP contribution in [-0.4, -0.2) is 51.5 Å². The number of rotatable bonds is 8. The van der Waals surface area contributed by atoms with Gasteiger partial charge < -0.3 is 21.3 Å². The van der Waals surface area contributed by atoms with Crippen molar-refractivity contribution in [3.63, 3.8) is 0 Å². The molecule has 0 radical (unpaired) electrons. The zero-order valence-electron chi connectivity index (χ0n) is 22.5. The maximum Gasteiger partial charge on any atom is 0.322 e. The molecule has 0 fully saturated rings. The van der Waals surface area contributed by atoms with E-state index in [1.807, 2.05) is 49.4 Å². The molecule has 3 aromatic rings. The number of nitrogens with one attached hydrogen (secondary N) is 2. The van der Waals surface area contributed by atoms with Crippen molar-refractivity contribution >= 4 is 29.2 Å². The highest BCUT2D eigenvalue weighted by molar-refractivity contribution is 6.06. The summed E-state index contributed by atoms with van der Waals surface area (Å²) in [6, 6.07) is 16.5. The first kappa shape index (κ1) is 27.0. The van der Waals surface area contributed by atoms with Crippen LogP contribution in [-0.2, 0) is 24.4 Å². The standard InChI is InChI=1S/C30H33N7O3/c1-20-15-27(38)37(17-21-3-5-23(6-4-21)29(39)33-13-2-12-31)35-28(20)22-7-9-26(10-8-22)34-30(40)36-18-24-11-14-32-16-25(24)19-36/h3-11,14,16,20H,2,12-13,15,17-19,31H2,1H3,(H,33,39)(H,34,40). The minimum Gasteiger partial charge on any atom is -0.352 e. The molecule has 1 aromatic heterocycles. The normalized spacial score (nSPS) is 16.4. The quantitative estimate of drug-likeness (QED) is 0.377. The minimum atomic E-state index is -0.164. The molecule has 2 aliphatic heterocycles. The second-order valence-corrected chi connectivity index (χ2v) is 10.1. The van der Waals surface area contributed by atoms with E-state index in [0.717, 1.165) is 34.4 Å². The Balaban J connectivity index is 1.22. The van der Waals surface area contributed by atoms with Crippen molar-refractivity contribution in [2.24, 2.45) is 16.8 Å². The SMILES string of the molecule is CC1CC(=O)N(Cc2ccc(C(=O)NCCCN)cc2)N=C1c1ccc(NC(=O)N2Cc3ccncc3C2)cc1. The highest BCUT2D eigenvalue weighted by Gasteiger charge is 2.28. The molecule has 2 aliphatic rings. The number of anilines is 1. The number of nitrogens with two attached hydrogens (primary N) is 1. The molecule has 0 saturated heterocycles. The molecule has 10 heteroatoms. The molecule has 10 nitrogen and oxygen atoms in total. The molecule has 2 aromatic carbocycles. The molecule has 40 heavy (non-hydrogen) atoms. The lowest BCUT2D eigenvalue weighted by atomic mass is 9.93. The Morgan fingerprint density at radius 2 is 1.77 bits per heavy atom. The van der Waals surface area contributed by atoms with Crippen LogP contribution >= 0.6 is 0 Å². The minimum absolute atomic E-state index is 0.0412. The van der Waals surface area contributed by atoms with E-state index in [1.165, 1.54) is 5.01 Å². The molecule has 206 valence electrons. The number of carbonyl (C=O) groups excluding carboxylic acids is 3. The molecule has 1 unspecified atom stereocenters. The van der Waals surface area contributed by atoms with Gasteiger partial charge in [0.05, 0.1) is 12.3 Å². The highest BCUT2D eigenvalue weighted by atomic mass is 16.2. The number of carbonyl (C=O) groups is 3. The van der Waals surface area contributed by atoms with Crippen molar-refractivity contribution in [2.75, 3.05) is 18.4 Å². The predicted octanol–water partition coefficient (Wildman–Crippen LogP) is 3.48. The first-order valence-electron chi connectivity index (χ1n) is 13.5. The predicted molar refractivity (Wildman–Crippen MR) is 152 cm³/mol. The summed E-state index contributed by atoms with van der Waals surface area (Å²) in [5.41, 5.74) is 11.5. The van der Waals surface area contributed by atoms with Gasteiger partial charge in [0.25, 0.3) is 5.91 Å². The van der Waals surface area contributed by atoms with Crippen molar-refractivity contribution in [1.29, 1.82) is 0 Å². The number of hydrogen-bond acceptors (Lipinski definition) is 6. The van der Waals surface area contributed by atoms with Crippen LogP contribution in [0.2, 0.25) is 0 Å². The van der Waals surface area contributed by atoms with Gasteiger partial charge in [-0.15, -0.1) is 0 Å². The van der Waals surface area contributed by atoms with Gasteiger partial charge in [-0.3, -0.25) is 14.6 Å². The third kappa shape index (κ3) is 6.18. The van der Waals surface area contributed by atoms with E-state index in [0.29, 0.717) is 50.4 Å². The molecule has 4 N–H and O–H groups in total. The number of fused-ring (bicyclic) bond motifs is 1. The van der Waals surface area contributed by atoms with Crippen LogP contribution in [0, 0.1) is 5.92 Å². The number of nitrogens with zero attached hydrogens (tertiary/aromatic N) is 4. The molecule has 1 atom stereocenters. The molecular weight excluding hydrogens is 506 g/mol. The zero-order valence-corrected chi connectivity index (χ0v) is 22.5. The summed E-state index contributed by atoms with van der Waals surface area (Å²) in [6.45, 7) is 4.46. The monoisotopic (exact) mass is 539 g/mol. The van der Waals surface area contributed by atoms with Crippen molar-refractivity contribution in [3.05, 3.63) is 94.8 Å². The van der Waals surface area contributed by atoms with Gasteiger partial charge in [-0.25, -0.2) is 9.80 Å². The van der Waals surface area contributed by atoms with Crippen molar-refractivity contribution in [2.45, 2.75) is 39.4 Å². The van der Waals surface area contributed by atoms with Crippen molar-refractivity contribution in [3.8, 4) is 0 Å². The fraction of sp³-hybridized carbons (Fsp3) is 0.300. The van der Waals surface area contributed by atoms with Gasteiger partial charge in [-0.1, -0.05) is 31.2 Å². The largest absolute Gasteiger partial charge is 0.352 e. The number of aromatic nitrogens is 1. The number of urea groups is 1. The highest BCUT2D eigenvalue weighted by Crippen LogP contribution is 2.25. The van der Waals surface area contributed by atoms with Gasteiger partial charge >= 0.3 is 6.03 Å².